The van der Waals surface area contributed by atoms with Crippen molar-refractivity contribution in [1.82, 2.24) is 14.8 Å². The van der Waals surface area contributed by atoms with E-state index in [4.69, 9.17) is 4.74 Å². The number of aromatic nitrogens is 3. The molecule has 0 unspecified atom stereocenters. The van der Waals surface area contributed by atoms with Crippen LogP contribution in [0.15, 0.2) is 29.4 Å². The van der Waals surface area contributed by atoms with Gasteiger partial charge in [-0.3, -0.25) is 9.36 Å². The molecule has 2 aromatic rings. The molecule has 1 heterocycles. The number of esters is 1. The molecule has 0 amide bonds. The van der Waals surface area contributed by atoms with Crippen LogP contribution in [0.2, 0.25) is 0 Å². The number of benzene rings is 1. The molecule has 1 aliphatic rings. The molecular weight excluding hydrogens is 358 g/mol. The molecule has 27 heavy (non-hydrogen) atoms. The summed E-state index contributed by atoms with van der Waals surface area (Å²) in [6.45, 7) is 6.65. The largest absolute Gasteiger partial charge is 0.468 e. The minimum absolute atomic E-state index is 0.122. The highest BCUT2D eigenvalue weighted by Crippen LogP contribution is 2.36. The summed E-state index contributed by atoms with van der Waals surface area (Å²) in [5.41, 5.74) is 2.50. The Morgan fingerprint density at radius 1 is 1.15 bits per heavy atom. The fourth-order valence-electron chi connectivity index (χ4n) is 3.54. The fourth-order valence-corrected chi connectivity index (χ4v) is 4.38. The lowest BCUT2D eigenvalue weighted by Gasteiger charge is -2.26. The van der Waals surface area contributed by atoms with E-state index in [0.29, 0.717) is 6.04 Å². The van der Waals surface area contributed by atoms with Crippen molar-refractivity contribution in [2.45, 2.75) is 69.5 Å². The molecule has 0 bridgehead atoms. The van der Waals surface area contributed by atoms with Crippen LogP contribution in [0.5, 0.6) is 0 Å². The molecule has 0 N–H and O–H groups in total. The summed E-state index contributed by atoms with van der Waals surface area (Å²) in [6, 6.07) is 9.02. The highest BCUT2D eigenvalue weighted by atomic mass is 32.2. The van der Waals surface area contributed by atoms with E-state index in [1.807, 2.05) is 0 Å². The molecule has 6 heteroatoms. The van der Waals surface area contributed by atoms with Crippen LogP contribution < -0.4 is 0 Å². The van der Waals surface area contributed by atoms with Crippen LogP contribution in [0.3, 0.4) is 0 Å². The van der Waals surface area contributed by atoms with Crippen LogP contribution in [-0.2, 0) is 14.9 Å². The molecule has 1 aliphatic carbocycles. The lowest BCUT2D eigenvalue weighted by Crippen LogP contribution is -2.16. The van der Waals surface area contributed by atoms with Gasteiger partial charge in [-0.05, 0) is 23.8 Å². The molecule has 0 saturated heterocycles. The molecule has 1 aromatic heterocycles. The highest BCUT2D eigenvalue weighted by Gasteiger charge is 2.24. The minimum atomic E-state index is -0.241. The van der Waals surface area contributed by atoms with E-state index in [2.05, 4.69) is 59.8 Å². The topological polar surface area (TPSA) is 57.0 Å². The Labute approximate surface area is 165 Å². The number of rotatable bonds is 5. The zero-order valence-electron chi connectivity index (χ0n) is 16.7. The van der Waals surface area contributed by atoms with Gasteiger partial charge < -0.3 is 4.74 Å². The lowest BCUT2D eigenvalue weighted by molar-refractivity contribution is -0.137. The van der Waals surface area contributed by atoms with Crippen molar-refractivity contribution in [3.8, 4) is 11.4 Å². The van der Waals surface area contributed by atoms with Crippen molar-refractivity contribution >= 4 is 17.7 Å². The second-order valence-corrected chi connectivity index (χ2v) is 9.10. The second-order valence-electron chi connectivity index (χ2n) is 8.16. The van der Waals surface area contributed by atoms with Crippen molar-refractivity contribution in [1.29, 1.82) is 0 Å². The molecule has 5 nitrogen and oxygen atoms in total. The van der Waals surface area contributed by atoms with Gasteiger partial charge in [0.25, 0.3) is 0 Å². The first-order valence-electron chi connectivity index (χ1n) is 9.65. The maximum absolute atomic E-state index is 11.6. The Morgan fingerprint density at radius 3 is 2.41 bits per heavy atom. The molecule has 0 atom stereocenters. The first kappa shape index (κ1) is 19.9. The number of hydrogen-bond acceptors (Lipinski definition) is 5. The Morgan fingerprint density at radius 2 is 1.81 bits per heavy atom. The van der Waals surface area contributed by atoms with Crippen LogP contribution in [-0.4, -0.2) is 33.6 Å². The van der Waals surface area contributed by atoms with Gasteiger partial charge in [-0.15, -0.1) is 10.2 Å². The Bertz CT molecular complexity index is 772. The number of ether oxygens (including phenoxy) is 1. The van der Waals surface area contributed by atoms with E-state index in [-0.39, 0.29) is 17.1 Å². The van der Waals surface area contributed by atoms with Crippen LogP contribution in [0.4, 0.5) is 0 Å². The van der Waals surface area contributed by atoms with Crippen molar-refractivity contribution in [3.05, 3.63) is 29.8 Å². The van der Waals surface area contributed by atoms with Crippen molar-refractivity contribution in [2.24, 2.45) is 0 Å². The number of hydrogen-bond donors (Lipinski definition) is 0. The monoisotopic (exact) mass is 387 g/mol. The van der Waals surface area contributed by atoms with Crippen molar-refractivity contribution < 1.29 is 9.53 Å². The summed E-state index contributed by atoms with van der Waals surface area (Å²) in [5, 5.41) is 9.72. The maximum Gasteiger partial charge on any atom is 0.316 e. The molecule has 0 aliphatic heterocycles. The van der Waals surface area contributed by atoms with E-state index in [9.17, 15) is 4.79 Å². The summed E-state index contributed by atoms with van der Waals surface area (Å²) in [6.07, 6.45) is 6.02. The van der Waals surface area contributed by atoms with E-state index in [1.165, 1.54) is 43.7 Å². The third-order valence-electron chi connectivity index (χ3n) is 5.16. The third kappa shape index (κ3) is 4.72. The Hall–Kier alpha value is -1.82. The zero-order chi connectivity index (χ0) is 19.4. The molecular formula is C21H29N3O2S. The highest BCUT2D eigenvalue weighted by molar-refractivity contribution is 7.99. The summed E-state index contributed by atoms with van der Waals surface area (Å²) < 4.78 is 7.03. The van der Waals surface area contributed by atoms with Gasteiger partial charge in [-0.2, -0.15) is 0 Å². The van der Waals surface area contributed by atoms with Crippen molar-refractivity contribution in [3.63, 3.8) is 0 Å². The third-order valence-corrected chi connectivity index (χ3v) is 6.08. The average Bonchev–Trinajstić information content (AvgIpc) is 3.10. The summed E-state index contributed by atoms with van der Waals surface area (Å²) >= 11 is 1.41. The normalized spacial score (nSPS) is 15.7. The van der Waals surface area contributed by atoms with Crippen LogP contribution >= 0.6 is 11.8 Å². The van der Waals surface area contributed by atoms with Gasteiger partial charge in [-0.1, -0.05) is 76.1 Å². The number of nitrogens with zero attached hydrogens (tertiary/aromatic N) is 3. The zero-order valence-corrected chi connectivity index (χ0v) is 17.5. The molecule has 1 aromatic carbocycles. The Balaban J connectivity index is 1.94. The van der Waals surface area contributed by atoms with Crippen LogP contribution in [0, 0.1) is 0 Å². The Kier molecular flexibility index (Phi) is 6.25. The molecule has 1 fully saturated rings. The molecule has 0 spiro atoms. The number of carbonyl (C=O) groups excluding carboxylic acids is 1. The van der Waals surface area contributed by atoms with E-state index >= 15 is 0 Å². The predicted octanol–water partition coefficient (Wildman–Crippen LogP) is 5.01. The fraction of sp³-hybridized carbons (Fsp3) is 0.571. The predicted molar refractivity (Wildman–Crippen MR) is 109 cm³/mol. The van der Waals surface area contributed by atoms with Gasteiger partial charge in [0.2, 0.25) is 0 Å². The minimum Gasteiger partial charge on any atom is -0.468 e. The molecule has 3 rings (SSSR count). The van der Waals surface area contributed by atoms with Crippen molar-refractivity contribution in [2.75, 3.05) is 12.9 Å². The van der Waals surface area contributed by atoms with Gasteiger partial charge >= 0.3 is 5.97 Å². The van der Waals surface area contributed by atoms with Gasteiger partial charge in [-0.25, -0.2) is 0 Å². The first-order valence-corrected chi connectivity index (χ1v) is 10.6. The summed E-state index contributed by atoms with van der Waals surface area (Å²) in [5.74, 6) is 0.911. The average molecular weight is 388 g/mol. The van der Waals surface area contributed by atoms with Gasteiger partial charge in [0, 0.05) is 11.6 Å². The summed E-state index contributed by atoms with van der Waals surface area (Å²) in [7, 11) is 1.41. The second kappa shape index (κ2) is 8.46. The van der Waals surface area contributed by atoms with Crippen LogP contribution in [0.25, 0.3) is 11.4 Å². The number of methoxy groups -OCH3 is 1. The quantitative estimate of drug-likeness (QED) is 0.533. The van der Waals surface area contributed by atoms with E-state index in [0.717, 1.165) is 29.4 Å². The summed E-state index contributed by atoms with van der Waals surface area (Å²) in [4.78, 5) is 11.6. The standard InChI is InChI=1S/C21H29N3O2S/c1-21(2,3)16-12-10-15(11-13-16)19-22-23-20(27-14-18(25)26-4)24(19)17-8-6-5-7-9-17/h10-13,17H,5-9,14H2,1-4H3. The maximum atomic E-state index is 11.6. The molecule has 1 saturated carbocycles. The number of thioether (sulfide) groups is 1. The van der Waals surface area contributed by atoms with E-state index < -0.39 is 0 Å². The van der Waals surface area contributed by atoms with Gasteiger partial charge in [0.1, 0.15) is 0 Å². The van der Waals surface area contributed by atoms with Gasteiger partial charge in [0.05, 0.1) is 12.9 Å². The molecule has 0 radical (unpaired) electrons. The van der Waals surface area contributed by atoms with E-state index in [1.54, 1.807) is 0 Å². The lowest BCUT2D eigenvalue weighted by atomic mass is 9.86. The number of carbonyl (C=O) groups is 1. The SMILES string of the molecule is COC(=O)CSc1nnc(-c2ccc(C(C)(C)C)cc2)n1C1CCCCC1. The van der Waals surface area contributed by atoms with Crippen LogP contribution in [0.1, 0.15) is 64.5 Å². The molecule has 146 valence electrons. The smallest absolute Gasteiger partial charge is 0.316 e. The first-order chi connectivity index (χ1) is 12.9. The van der Waals surface area contributed by atoms with Gasteiger partial charge in [0.15, 0.2) is 11.0 Å².